The molecule has 3 heterocycles. The first-order chi connectivity index (χ1) is 22.4. The molecule has 1 aliphatic rings. The van der Waals surface area contributed by atoms with Gasteiger partial charge in [-0.25, -0.2) is 14.4 Å². The summed E-state index contributed by atoms with van der Waals surface area (Å²) < 4.78 is 31.8. The van der Waals surface area contributed by atoms with Crippen LogP contribution in [0.5, 0.6) is 5.75 Å². The second kappa shape index (κ2) is 14.8. The Morgan fingerprint density at radius 2 is 1.93 bits per heavy atom. The van der Waals surface area contributed by atoms with E-state index < -0.39 is 6.10 Å². The van der Waals surface area contributed by atoms with Crippen molar-refractivity contribution < 1.29 is 23.7 Å². The molecule has 0 spiro atoms. The molecule has 0 saturated carbocycles. The number of anilines is 2. The fourth-order valence-electron chi connectivity index (χ4n) is 5.72. The highest BCUT2D eigenvalue weighted by atomic mass is 35.5. The number of halogens is 2. The lowest BCUT2D eigenvalue weighted by atomic mass is 9.95. The van der Waals surface area contributed by atoms with Crippen LogP contribution in [0.2, 0.25) is 5.02 Å². The van der Waals surface area contributed by atoms with E-state index in [1.54, 1.807) is 56.1 Å². The molecular formula is C33H36ClFN6O4S. The van der Waals surface area contributed by atoms with E-state index in [1.807, 2.05) is 16.9 Å². The van der Waals surface area contributed by atoms with Crippen LogP contribution >= 0.6 is 22.9 Å². The predicted octanol–water partition coefficient (Wildman–Crippen LogP) is 5.72. The molecule has 0 amide bonds. The maximum absolute atomic E-state index is 13.5. The Morgan fingerprint density at radius 3 is 2.70 bits per heavy atom. The number of aryl methyl sites for hydroxylation is 1. The van der Waals surface area contributed by atoms with E-state index in [2.05, 4.69) is 25.3 Å². The minimum atomic E-state index is -0.590. The van der Waals surface area contributed by atoms with Crippen molar-refractivity contribution in [3.8, 4) is 16.2 Å². The lowest BCUT2D eigenvalue weighted by Gasteiger charge is -2.25. The molecule has 3 aromatic heterocycles. The zero-order valence-corrected chi connectivity index (χ0v) is 27.3. The molecule has 0 aliphatic heterocycles. The van der Waals surface area contributed by atoms with Gasteiger partial charge in [0.1, 0.15) is 35.1 Å². The Bertz CT molecular complexity index is 1790. The van der Waals surface area contributed by atoms with E-state index in [9.17, 15) is 9.50 Å². The third-order valence-electron chi connectivity index (χ3n) is 7.95. The minimum absolute atomic E-state index is 0.205. The number of hydrogen-bond donors (Lipinski definition) is 2. The van der Waals surface area contributed by atoms with Gasteiger partial charge in [-0.1, -0.05) is 23.7 Å². The molecule has 242 valence electrons. The molecule has 0 saturated heterocycles. The van der Waals surface area contributed by atoms with Crippen LogP contribution in [-0.2, 0) is 35.5 Å². The van der Waals surface area contributed by atoms with Crippen LogP contribution in [0, 0.1) is 5.82 Å². The molecule has 0 fully saturated rings. The summed E-state index contributed by atoms with van der Waals surface area (Å²) in [4.78, 5) is 13.3. The molecule has 1 atom stereocenters. The summed E-state index contributed by atoms with van der Waals surface area (Å²) in [5, 5.41) is 20.5. The van der Waals surface area contributed by atoms with Gasteiger partial charge >= 0.3 is 0 Å². The number of aliphatic hydroxyl groups excluding tert-OH is 1. The van der Waals surface area contributed by atoms with Crippen molar-refractivity contribution >= 4 is 44.7 Å². The number of hydrogen-bond acceptors (Lipinski definition) is 10. The SMILES string of the molecule is COCCN(CCOC)C[C@@H](O)Cn1ncc2c1CCc1c-2sc2ncnc(Nc3ccc(OCc4cccc(F)c4)c(Cl)c3)c12. The van der Waals surface area contributed by atoms with Crippen molar-refractivity contribution in [1.82, 2.24) is 24.6 Å². The standard InChI is InChI=1S/C33H36ClFN6O4S/c1-43-12-10-40(11-13-44-2)17-24(42)18-41-28-8-7-25-30-32(36-20-37-33(30)46-31(25)26(28)16-38-41)39-23-6-9-29(27(34)15-23)45-19-21-4-3-5-22(35)14-21/h3-6,9,14-16,20,24,42H,7-8,10-13,17-19H2,1-2H3,(H,36,37,39)/t24-/m1/s1. The smallest absolute Gasteiger partial charge is 0.142 e. The van der Waals surface area contributed by atoms with Gasteiger partial charge in [0, 0.05) is 55.7 Å². The van der Waals surface area contributed by atoms with Crippen molar-refractivity contribution in [3.05, 3.63) is 82.6 Å². The number of nitrogens with one attached hydrogen (secondary N) is 1. The number of aromatic nitrogens is 4. The molecule has 5 aromatic rings. The minimum Gasteiger partial charge on any atom is -0.487 e. The van der Waals surface area contributed by atoms with E-state index in [4.69, 9.17) is 25.8 Å². The van der Waals surface area contributed by atoms with Gasteiger partial charge in [0.15, 0.2) is 0 Å². The number of ether oxygens (including phenoxy) is 3. The van der Waals surface area contributed by atoms with Crippen LogP contribution in [-0.4, -0.2) is 82.9 Å². The van der Waals surface area contributed by atoms with Gasteiger partial charge < -0.3 is 24.6 Å². The Hall–Kier alpha value is -3.65. The van der Waals surface area contributed by atoms with Crippen LogP contribution in [0.1, 0.15) is 16.8 Å². The Labute approximate surface area is 275 Å². The first-order valence-electron chi connectivity index (χ1n) is 15.1. The first kappa shape index (κ1) is 32.3. The van der Waals surface area contributed by atoms with Gasteiger partial charge in [0.2, 0.25) is 0 Å². The van der Waals surface area contributed by atoms with E-state index in [0.717, 1.165) is 63.5 Å². The quantitative estimate of drug-likeness (QED) is 0.145. The number of thiophene rings is 1. The predicted molar refractivity (Wildman–Crippen MR) is 178 cm³/mol. The molecular weight excluding hydrogens is 631 g/mol. The highest BCUT2D eigenvalue weighted by molar-refractivity contribution is 7.22. The maximum atomic E-state index is 13.5. The first-order valence-corrected chi connectivity index (χ1v) is 16.3. The average molecular weight is 667 g/mol. The average Bonchev–Trinajstić information content (AvgIpc) is 3.63. The Kier molecular flexibility index (Phi) is 10.4. The largest absolute Gasteiger partial charge is 0.487 e. The van der Waals surface area contributed by atoms with Gasteiger partial charge in [-0.05, 0) is 54.3 Å². The van der Waals surface area contributed by atoms with Crippen LogP contribution < -0.4 is 10.1 Å². The van der Waals surface area contributed by atoms with Crippen LogP contribution in [0.25, 0.3) is 20.7 Å². The number of methoxy groups -OCH3 is 2. The third-order valence-corrected chi connectivity index (χ3v) is 9.41. The maximum Gasteiger partial charge on any atom is 0.142 e. The normalized spacial score (nSPS) is 13.2. The van der Waals surface area contributed by atoms with Gasteiger partial charge in [0.05, 0.1) is 42.5 Å². The monoisotopic (exact) mass is 666 g/mol. The third kappa shape index (κ3) is 7.33. The molecule has 10 nitrogen and oxygen atoms in total. The number of benzene rings is 2. The number of fused-ring (bicyclic) bond motifs is 5. The molecule has 1 aliphatic carbocycles. The lowest BCUT2D eigenvalue weighted by Crippen LogP contribution is -2.39. The van der Waals surface area contributed by atoms with Crippen molar-refractivity contribution in [2.24, 2.45) is 0 Å². The fourth-order valence-corrected chi connectivity index (χ4v) is 7.18. The highest BCUT2D eigenvalue weighted by Gasteiger charge is 2.28. The summed E-state index contributed by atoms with van der Waals surface area (Å²) in [6, 6.07) is 11.7. The highest BCUT2D eigenvalue weighted by Crippen LogP contribution is 2.45. The van der Waals surface area contributed by atoms with Crippen molar-refractivity contribution in [3.63, 3.8) is 0 Å². The van der Waals surface area contributed by atoms with E-state index in [1.165, 1.54) is 17.7 Å². The van der Waals surface area contributed by atoms with Gasteiger partial charge in [-0.3, -0.25) is 9.58 Å². The summed E-state index contributed by atoms with van der Waals surface area (Å²) in [6.45, 7) is 3.73. The summed E-state index contributed by atoms with van der Waals surface area (Å²) in [5.41, 5.74) is 4.84. The zero-order valence-electron chi connectivity index (χ0n) is 25.7. The van der Waals surface area contributed by atoms with E-state index in [0.29, 0.717) is 42.9 Å². The molecule has 0 unspecified atom stereocenters. The Morgan fingerprint density at radius 1 is 1.11 bits per heavy atom. The van der Waals surface area contributed by atoms with E-state index in [-0.39, 0.29) is 12.4 Å². The molecule has 13 heteroatoms. The van der Waals surface area contributed by atoms with Crippen molar-refractivity contribution in [2.75, 3.05) is 52.4 Å². The number of nitrogens with zero attached hydrogens (tertiary/aromatic N) is 5. The van der Waals surface area contributed by atoms with Gasteiger partial charge in [0.25, 0.3) is 0 Å². The van der Waals surface area contributed by atoms with Crippen LogP contribution in [0.3, 0.4) is 0 Å². The second-order valence-corrected chi connectivity index (χ2v) is 12.5. The summed E-state index contributed by atoms with van der Waals surface area (Å²) in [7, 11) is 3.35. The molecule has 2 N–H and O–H groups in total. The summed E-state index contributed by atoms with van der Waals surface area (Å²) >= 11 is 8.19. The topological polar surface area (TPSA) is 107 Å². The fraction of sp³-hybridized carbons (Fsp3) is 0.364. The van der Waals surface area contributed by atoms with Crippen LogP contribution in [0.4, 0.5) is 15.9 Å². The van der Waals surface area contributed by atoms with Crippen LogP contribution in [0.15, 0.2) is 55.0 Å². The van der Waals surface area contributed by atoms with Crippen molar-refractivity contribution in [1.29, 1.82) is 0 Å². The summed E-state index contributed by atoms with van der Waals surface area (Å²) in [6.07, 6.45) is 4.45. The second-order valence-electron chi connectivity index (χ2n) is 11.1. The number of rotatable bonds is 15. The molecule has 0 bridgehead atoms. The molecule has 2 aromatic carbocycles. The number of aliphatic hydroxyl groups is 1. The molecule has 6 rings (SSSR count). The van der Waals surface area contributed by atoms with Crippen molar-refractivity contribution in [2.45, 2.75) is 32.1 Å². The van der Waals surface area contributed by atoms with E-state index >= 15 is 0 Å². The molecule has 0 radical (unpaired) electrons. The van der Waals surface area contributed by atoms with Gasteiger partial charge in [-0.2, -0.15) is 5.10 Å². The summed E-state index contributed by atoms with van der Waals surface area (Å²) in [5.74, 6) is 0.896. The lowest BCUT2D eigenvalue weighted by molar-refractivity contribution is 0.0606. The zero-order chi connectivity index (χ0) is 32.0. The Balaban J connectivity index is 1.17. The van der Waals surface area contributed by atoms with Gasteiger partial charge in [-0.15, -0.1) is 11.3 Å². The molecule has 46 heavy (non-hydrogen) atoms.